The van der Waals surface area contributed by atoms with E-state index in [9.17, 15) is 4.79 Å². The van der Waals surface area contributed by atoms with E-state index in [1.54, 1.807) is 16.0 Å². The van der Waals surface area contributed by atoms with Crippen LogP contribution in [0.2, 0.25) is 0 Å². The van der Waals surface area contributed by atoms with Gasteiger partial charge in [-0.1, -0.05) is 20.3 Å². The van der Waals surface area contributed by atoms with Gasteiger partial charge in [-0.15, -0.1) is 11.3 Å². The first-order chi connectivity index (χ1) is 11.9. The van der Waals surface area contributed by atoms with Gasteiger partial charge in [0, 0.05) is 17.6 Å². The number of rotatable bonds is 5. The van der Waals surface area contributed by atoms with Crippen LogP contribution in [-0.4, -0.2) is 25.7 Å². The summed E-state index contributed by atoms with van der Waals surface area (Å²) >= 11 is 1.56. The molecule has 0 saturated carbocycles. The molecule has 7 heteroatoms. The number of aromatic nitrogens is 4. The van der Waals surface area contributed by atoms with Gasteiger partial charge in [-0.05, 0) is 32.8 Å². The second-order valence-corrected chi connectivity index (χ2v) is 7.25. The highest BCUT2D eigenvalue weighted by Crippen LogP contribution is 2.27. The van der Waals surface area contributed by atoms with E-state index in [-0.39, 0.29) is 5.91 Å². The minimum atomic E-state index is -0.161. The van der Waals surface area contributed by atoms with Gasteiger partial charge >= 0.3 is 0 Å². The Labute approximate surface area is 151 Å². The number of amides is 1. The van der Waals surface area contributed by atoms with E-state index in [2.05, 4.69) is 34.2 Å². The fourth-order valence-electron chi connectivity index (χ4n) is 3.06. The minimum Gasteiger partial charge on any atom is -0.298 e. The topological polar surface area (TPSA) is 72.7 Å². The largest absolute Gasteiger partial charge is 0.298 e. The molecule has 0 aromatic carbocycles. The Morgan fingerprint density at radius 2 is 2.04 bits per heavy atom. The molecule has 3 heterocycles. The lowest BCUT2D eigenvalue weighted by Gasteiger charge is -2.05. The Morgan fingerprint density at radius 3 is 2.72 bits per heavy atom. The first kappa shape index (κ1) is 17.5. The molecular formula is C18H23N5OS. The first-order valence-corrected chi connectivity index (χ1v) is 9.37. The van der Waals surface area contributed by atoms with Crippen molar-refractivity contribution in [1.82, 2.24) is 19.7 Å². The maximum atomic E-state index is 12.9. The van der Waals surface area contributed by atoms with Gasteiger partial charge in [0.1, 0.15) is 0 Å². The minimum absolute atomic E-state index is 0.161. The Morgan fingerprint density at radius 1 is 1.28 bits per heavy atom. The van der Waals surface area contributed by atoms with Crippen molar-refractivity contribution in [1.29, 1.82) is 0 Å². The van der Waals surface area contributed by atoms with Crippen LogP contribution in [0.15, 0.2) is 6.07 Å². The number of hydrogen-bond donors (Lipinski definition) is 1. The number of nitrogens with zero attached hydrogens (tertiary/aromatic N) is 4. The second-order valence-electron chi connectivity index (χ2n) is 6.17. The number of carbonyl (C=O) groups is 1. The number of pyridine rings is 1. The third kappa shape index (κ3) is 3.28. The second kappa shape index (κ2) is 6.92. The standard InChI is InChI=1S/C18H23N5OS/c1-6-8-13-14(7-2)25-18(20-13)21-17(24)12-9-10(3)19-16-15(12)11(4)22-23(16)5/h9H,6-8H2,1-5H3,(H,20,21,24). The van der Waals surface area contributed by atoms with Gasteiger partial charge in [0.2, 0.25) is 0 Å². The molecule has 132 valence electrons. The molecule has 0 atom stereocenters. The van der Waals surface area contributed by atoms with E-state index in [4.69, 9.17) is 0 Å². The molecule has 0 radical (unpaired) electrons. The zero-order valence-corrected chi connectivity index (χ0v) is 16.1. The highest BCUT2D eigenvalue weighted by Gasteiger charge is 2.19. The lowest BCUT2D eigenvalue weighted by Crippen LogP contribution is -2.13. The molecule has 0 aliphatic rings. The number of aryl methyl sites for hydroxylation is 5. The molecule has 0 aliphatic carbocycles. The summed E-state index contributed by atoms with van der Waals surface area (Å²) in [4.78, 5) is 23.3. The average Bonchev–Trinajstić information content (AvgIpc) is 3.07. The van der Waals surface area contributed by atoms with E-state index >= 15 is 0 Å². The molecule has 0 saturated heterocycles. The van der Waals surface area contributed by atoms with Gasteiger partial charge in [-0.25, -0.2) is 9.97 Å². The summed E-state index contributed by atoms with van der Waals surface area (Å²) in [5.41, 5.74) is 4.01. The smallest absolute Gasteiger partial charge is 0.258 e. The van der Waals surface area contributed by atoms with Gasteiger partial charge in [0.25, 0.3) is 5.91 Å². The SMILES string of the molecule is CCCc1nc(NC(=O)c2cc(C)nc3c2c(C)nn3C)sc1CC. The number of anilines is 1. The zero-order valence-electron chi connectivity index (χ0n) is 15.3. The van der Waals surface area contributed by atoms with Crippen molar-refractivity contribution in [3.8, 4) is 0 Å². The van der Waals surface area contributed by atoms with Crippen molar-refractivity contribution in [2.45, 2.75) is 47.0 Å². The summed E-state index contributed by atoms with van der Waals surface area (Å²) in [5, 5.41) is 8.83. The van der Waals surface area contributed by atoms with E-state index < -0.39 is 0 Å². The number of thiazole rings is 1. The van der Waals surface area contributed by atoms with Crippen LogP contribution >= 0.6 is 11.3 Å². The van der Waals surface area contributed by atoms with Crippen LogP contribution in [0.25, 0.3) is 11.0 Å². The Balaban J connectivity index is 1.98. The lowest BCUT2D eigenvalue weighted by atomic mass is 10.1. The van der Waals surface area contributed by atoms with Crippen molar-refractivity contribution in [2.24, 2.45) is 7.05 Å². The van der Waals surface area contributed by atoms with Gasteiger partial charge in [0.15, 0.2) is 10.8 Å². The van der Waals surface area contributed by atoms with Crippen LogP contribution in [0.4, 0.5) is 5.13 Å². The van der Waals surface area contributed by atoms with E-state index in [0.29, 0.717) is 10.7 Å². The van der Waals surface area contributed by atoms with E-state index in [0.717, 1.165) is 47.4 Å². The number of hydrogen-bond acceptors (Lipinski definition) is 5. The van der Waals surface area contributed by atoms with Crippen molar-refractivity contribution >= 4 is 33.4 Å². The fourth-order valence-corrected chi connectivity index (χ4v) is 4.00. The molecule has 25 heavy (non-hydrogen) atoms. The third-order valence-corrected chi connectivity index (χ3v) is 5.31. The average molecular weight is 357 g/mol. The molecule has 3 aromatic heterocycles. The van der Waals surface area contributed by atoms with Crippen LogP contribution in [0.1, 0.15) is 52.6 Å². The summed E-state index contributed by atoms with van der Waals surface area (Å²) in [5.74, 6) is -0.161. The normalized spacial score (nSPS) is 11.2. The van der Waals surface area contributed by atoms with Crippen LogP contribution < -0.4 is 5.32 Å². The number of carbonyl (C=O) groups excluding carboxylic acids is 1. The van der Waals surface area contributed by atoms with Gasteiger partial charge in [-0.3, -0.25) is 14.8 Å². The van der Waals surface area contributed by atoms with Crippen LogP contribution in [0.3, 0.4) is 0 Å². The predicted octanol–water partition coefficient (Wildman–Crippen LogP) is 3.81. The molecule has 0 fully saturated rings. The fraction of sp³-hybridized carbons (Fsp3) is 0.444. The van der Waals surface area contributed by atoms with Crippen LogP contribution in [-0.2, 0) is 19.9 Å². The quantitative estimate of drug-likeness (QED) is 0.753. The first-order valence-electron chi connectivity index (χ1n) is 8.55. The summed E-state index contributed by atoms with van der Waals surface area (Å²) in [6.45, 7) is 8.04. The summed E-state index contributed by atoms with van der Waals surface area (Å²) in [7, 11) is 1.84. The van der Waals surface area contributed by atoms with Gasteiger partial charge in [0.05, 0.1) is 22.3 Å². The highest BCUT2D eigenvalue weighted by molar-refractivity contribution is 7.15. The molecule has 6 nitrogen and oxygen atoms in total. The van der Waals surface area contributed by atoms with Crippen LogP contribution in [0, 0.1) is 13.8 Å². The van der Waals surface area contributed by atoms with Gasteiger partial charge < -0.3 is 0 Å². The molecule has 0 aliphatic heterocycles. The molecule has 1 amide bonds. The van der Waals surface area contributed by atoms with Crippen molar-refractivity contribution < 1.29 is 4.79 Å². The molecule has 3 rings (SSSR count). The van der Waals surface area contributed by atoms with E-state index in [1.165, 1.54) is 4.88 Å². The maximum Gasteiger partial charge on any atom is 0.258 e. The molecule has 3 aromatic rings. The molecule has 0 bridgehead atoms. The van der Waals surface area contributed by atoms with Crippen molar-refractivity contribution in [3.05, 3.63) is 33.6 Å². The maximum absolute atomic E-state index is 12.9. The molecule has 0 spiro atoms. The molecule has 1 N–H and O–H groups in total. The summed E-state index contributed by atoms with van der Waals surface area (Å²) in [6.07, 6.45) is 2.92. The number of nitrogens with one attached hydrogen (secondary N) is 1. The highest BCUT2D eigenvalue weighted by atomic mass is 32.1. The lowest BCUT2D eigenvalue weighted by molar-refractivity contribution is 0.102. The van der Waals surface area contributed by atoms with Crippen molar-refractivity contribution in [3.63, 3.8) is 0 Å². The van der Waals surface area contributed by atoms with Crippen LogP contribution in [0.5, 0.6) is 0 Å². The van der Waals surface area contributed by atoms with Crippen molar-refractivity contribution in [2.75, 3.05) is 5.32 Å². The summed E-state index contributed by atoms with van der Waals surface area (Å²) < 4.78 is 1.71. The molecular weight excluding hydrogens is 334 g/mol. The van der Waals surface area contributed by atoms with E-state index in [1.807, 2.05) is 27.0 Å². The Kier molecular flexibility index (Phi) is 4.85. The van der Waals surface area contributed by atoms with Gasteiger partial charge in [-0.2, -0.15) is 5.10 Å². The Hall–Kier alpha value is -2.28. The third-order valence-electron chi connectivity index (χ3n) is 4.15. The number of fused-ring (bicyclic) bond motifs is 1. The predicted molar refractivity (Wildman–Crippen MR) is 101 cm³/mol. The Bertz CT molecular complexity index is 941. The molecule has 0 unspecified atom stereocenters. The monoisotopic (exact) mass is 357 g/mol. The zero-order chi connectivity index (χ0) is 18.1. The summed E-state index contributed by atoms with van der Waals surface area (Å²) in [6, 6.07) is 1.81.